The topological polar surface area (TPSA) is 140 Å². The van der Waals surface area contributed by atoms with Gasteiger partial charge in [-0.2, -0.15) is 0 Å². The highest BCUT2D eigenvalue weighted by atomic mass is 31.2. The van der Waals surface area contributed by atoms with Crippen LogP contribution >= 0.6 is 17.2 Å². The van der Waals surface area contributed by atoms with Gasteiger partial charge in [-0.15, -0.1) is 0 Å². The molecule has 2 aromatic rings. The van der Waals surface area contributed by atoms with Crippen molar-refractivity contribution in [3.8, 4) is 0 Å². The van der Waals surface area contributed by atoms with E-state index in [0.717, 1.165) is 16.7 Å². The average Bonchev–Trinajstić information content (AvgIpc) is 2.66. The van der Waals surface area contributed by atoms with Crippen LogP contribution in [0.1, 0.15) is 28.9 Å². The van der Waals surface area contributed by atoms with Crippen molar-refractivity contribution in [2.45, 2.75) is 19.1 Å². The van der Waals surface area contributed by atoms with Crippen LogP contribution in [0.5, 0.6) is 0 Å². The largest absolute Gasteiger partial charge is 0.393 e. The molecule has 2 aromatic carbocycles. The fraction of sp³-hybridized carbons (Fsp3) is 0.294. The first-order valence-corrected chi connectivity index (χ1v) is 10.2. The summed E-state index contributed by atoms with van der Waals surface area (Å²) in [6.45, 7) is 1.40. The van der Waals surface area contributed by atoms with Crippen molar-refractivity contribution in [2.75, 3.05) is 13.2 Å². The van der Waals surface area contributed by atoms with Gasteiger partial charge < -0.3 is 38.8 Å². The van der Waals surface area contributed by atoms with Gasteiger partial charge in [-0.25, -0.2) is 0 Å². The van der Waals surface area contributed by atoms with E-state index in [2.05, 4.69) is 0 Å². The molecule has 0 radical (unpaired) electrons. The number of aryl methyl sites for hydroxylation is 1. The zero-order valence-electron chi connectivity index (χ0n) is 14.7. The fourth-order valence-corrected chi connectivity index (χ4v) is 2.91. The normalized spacial score (nSPS) is 13.2. The van der Waals surface area contributed by atoms with Crippen molar-refractivity contribution in [1.29, 1.82) is 0 Å². The fourth-order valence-electron chi connectivity index (χ4n) is 2.08. The van der Waals surface area contributed by atoms with Gasteiger partial charge in [0.25, 0.3) is 0 Å². The van der Waals surface area contributed by atoms with E-state index in [1.54, 1.807) is 36.4 Å². The molecule has 6 N–H and O–H groups in total. The van der Waals surface area contributed by atoms with E-state index in [4.69, 9.17) is 38.8 Å². The van der Waals surface area contributed by atoms with Crippen LogP contribution in [-0.4, -0.2) is 43.0 Å². The maximum absolute atomic E-state index is 8.96. The molecule has 0 heterocycles. The molecule has 10 heteroatoms. The Balaban J connectivity index is 0.000000271. The third-order valence-corrected chi connectivity index (χ3v) is 4.28. The van der Waals surface area contributed by atoms with Gasteiger partial charge in [-0.3, -0.25) is 0 Å². The van der Waals surface area contributed by atoms with Crippen LogP contribution in [0.25, 0.3) is 0 Å². The number of benzene rings is 2. The molecular weight excluding hydrogens is 394 g/mol. The summed E-state index contributed by atoms with van der Waals surface area (Å²) in [5.41, 5.74) is 2.55. The average molecular weight is 418 g/mol. The smallest absolute Gasteiger partial charge is 0.327 e. The number of rotatable bonds is 8. The molecule has 0 bridgehead atoms. The van der Waals surface area contributed by atoms with E-state index in [1.165, 1.54) is 0 Å². The summed E-state index contributed by atoms with van der Waals surface area (Å²) in [4.78, 5) is 34.5. The van der Waals surface area contributed by atoms with Gasteiger partial charge in [0.05, 0.1) is 13.2 Å². The molecule has 0 saturated heterocycles. The van der Waals surface area contributed by atoms with Gasteiger partial charge in [-0.1, -0.05) is 60.2 Å². The molecule has 27 heavy (non-hydrogen) atoms. The predicted octanol–water partition coefficient (Wildman–Crippen LogP) is 2.20. The zero-order chi connectivity index (χ0) is 20.2. The number of hydrogen-bond acceptors (Lipinski definition) is 8. The minimum Gasteiger partial charge on any atom is -0.393 e. The molecule has 0 amide bonds. The molecule has 2 rings (SSSR count). The second-order valence-corrected chi connectivity index (χ2v) is 6.81. The highest BCUT2D eigenvalue weighted by molar-refractivity contribution is 7.39. The molecule has 0 fully saturated rings. The minimum atomic E-state index is -2.44. The molecule has 2 atom stereocenters. The van der Waals surface area contributed by atoms with Crippen LogP contribution in [0.15, 0.2) is 54.6 Å². The van der Waals surface area contributed by atoms with Crippen LogP contribution in [0.3, 0.4) is 0 Å². The lowest BCUT2D eigenvalue weighted by atomic mass is 10.1. The maximum Gasteiger partial charge on any atom is 0.327 e. The first-order chi connectivity index (χ1) is 12.9. The summed E-state index contributed by atoms with van der Waals surface area (Å²) in [6.07, 6.45) is -1.33. The quantitative estimate of drug-likeness (QED) is 0.359. The first-order valence-electron chi connectivity index (χ1n) is 7.89. The molecule has 0 aliphatic rings. The molecule has 0 aliphatic heterocycles. The number of aliphatic hydroxyl groups is 2. The molecule has 2 unspecified atom stereocenters. The molecule has 0 spiro atoms. The molecule has 8 nitrogen and oxygen atoms in total. The van der Waals surface area contributed by atoms with Crippen molar-refractivity contribution in [3.05, 3.63) is 71.3 Å². The van der Waals surface area contributed by atoms with Crippen molar-refractivity contribution in [2.24, 2.45) is 0 Å². The van der Waals surface area contributed by atoms with E-state index in [0.29, 0.717) is 0 Å². The molecule has 0 aromatic heterocycles. The van der Waals surface area contributed by atoms with Crippen LogP contribution in [0.4, 0.5) is 0 Å². The third kappa shape index (κ3) is 9.65. The summed E-state index contributed by atoms with van der Waals surface area (Å²) in [5, 5.41) is 17.9. The van der Waals surface area contributed by atoms with E-state index < -0.39 is 29.4 Å². The Labute approximate surface area is 160 Å². The van der Waals surface area contributed by atoms with Gasteiger partial charge in [-0.05, 0) is 18.1 Å². The molecular formula is C17H24O8P2. The minimum absolute atomic E-state index is 0.274. The Morgan fingerprint density at radius 2 is 1.11 bits per heavy atom. The van der Waals surface area contributed by atoms with E-state index in [9.17, 15) is 0 Å². The Kier molecular flexibility index (Phi) is 11.7. The second-order valence-electron chi connectivity index (χ2n) is 5.38. The monoisotopic (exact) mass is 418 g/mol. The van der Waals surface area contributed by atoms with E-state index in [-0.39, 0.29) is 13.2 Å². The number of hydrogen-bond donors (Lipinski definition) is 6. The Hall–Kier alpha value is -1.02. The summed E-state index contributed by atoms with van der Waals surface area (Å²) in [6, 6.07) is 16.2. The lowest BCUT2D eigenvalue weighted by Gasteiger charge is -2.15. The van der Waals surface area contributed by atoms with Crippen molar-refractivity contribution in [3.63, 3.8) is 0 Å². The summed E-state index contributed by atoms with van der Waals surface area (Å²) >= 11 is 0. The molecule has 150 valence electrons. The maximum atomic E-state index is 8.96. The van der Waals surface area contributed by atoms with Crippen molar-refractivity contribution < 1.29 is 38.8 Å². The highest BCUT2D eigenvalue weighted by Crippen LogP contribution is 2.34. The Bertz CT molecular complexity index is 625. The first kappa shape index (κ1) is 24.0. The zero-order valence-corrected chi connectivity index (χ0v) is 16.4. The summed E-state index contributed by atoms with van der Waals surface area (Å²) in [7, 11) is -4.87. The Morgan fingerprint density at radius 1 is 0.704 bits per heavy atom. The van der Waals surface area contributed by atoms with Gasteiger partial charge in [0.15, 0.2) is 0 Å². The lowest BCUT2D eigenvalue weighted by Crippen LogP contribution is -2.06. The van der Waals surface area contributed by atoms with E-state index >= 15 is 0 Å². The van der Waals surface area contributed by atoms with Crippen LogP contribution < -0.4 is 0 Å². The van der Waals surface area contributed by atoms with Gasteiger partial charge >= 0.3 is 17.2 Å². The van der Waals surface area contributed by atoms with Crippen LogP contribution in [-0.2, 0) is 9.05 Å². The lowest BCUT2D eigenvalue weighted by molar-refractivity contribution is 0.101. The van der Waals surface area contributed by atoms with Crippen molar-refractivity contribution >= 4 is 17.2 Å². The SMILES string of the molecule is Cc1ccc(C(CO)OP(O)O)cc1.OCC(OP(O)O)c1ccccc1. The highest BCUT2D eigenvalue weighted by Gasteiger charge is 2.15. The Morgan fingerprint density at radius 3 is 1.48 bits per heavy atom. The second kappa shape index (κ2) is 13.2. The number of aliphatic hydroxyl groups excluding tert-OH is 2. The molecule has 0 aliphatic carbocycles. The standard InChI is InChI=1S/C9H13O4P.C8H11O4P/c1-7-2-4-8(5-3-7)9(6-10)13-14(11)12;9-6-8(12-13(10)11)7-4-2-1-3-5-7/h2-5,9-12H,6H2,1H3;1-5,8-11H,6H2. The molecule has 0 saturated carbocycles. The van der Waals surface area contributed by atoms with Crippen LogP contribution in [0.2, 0.25) is 0 Å². The summed E-state index contributed by atoms with van der Waals surface area (Å²) < 4.78 is 9.46. The predicted molar refractivity (Wildman–Crippen MR) is 102 cm³/mol. The van der Waals surface area contributed by atoms with Gasteiger partial charge in [0.1, 0.15) is 12.2 Å². The third-order valence-electron chi connectivity index (χ3n) is 3.40. The van der Waals surface area contributed by atoms with E-state index in [1.807, 2.05) is 25.1 Å². The van der Waals surface area contributed by atoms with Crippen molar-refractivity contribution in [1.82, 2.24) is 0 Å². The van der Waals surface area contributed by atoms with Crippen LogP contribution in [0, 0.1) is 6.92 Å². The van der Waals surface area contributed by atoms with Gasteiger partial charge in [0.2, 0.25) is 0 Å². The summed E-state index contributed by atoms with van der Waals surface area (Å²) in [5.74, 6) is 0. The van der Waals surface area contributed by atoms with Gasteiger partial charge in [0, 0.05) is 0 Å².